The van der Waals surface area contributed by atoms with Gasteiger partial charge < -0.3 is 10.3 Å². The van der Waals surface area contributed by atoms with Crippen molar-refractivity contribution in [2.75, 3.05) is 0 Å². The molecule has 1 atom stereocenters. The Hall–Kier alpha value is -1.20. The van der Waals surface area contributed by atoms with Crippen molar-refractivity contribution in [3.63, 3.8) is 0 Å². The Balaban J connectivity index is 2.35. The largest absolute Gasteiger partial charge is 0.337 e. The SMILES string of the molecule is CCCC(C)(N)c1nc(-c2ccc(C)cc2Br)no1. The maximum Gasteiger partial charge on any atom is 0.246 e. The van der Waals surface area contributed by atoms with Gasteiger partial charge in [0.15, 0.2) is 0 Å². The first-order chi connectivity index (χ1) is 8.94. The van der Waals surface area contributed by atoms with E-state index in [2.05, 4.69) is 33.0 Å². The minimum Gasteiger partial charge on any atom is -0.337 e. The van der Waals surface area contributed by atoms with E-state index in [0.29, 0.717) is 11.7 Å². The summed E-state index contributed by atoms with van der Waals surface area (Å²) in [4.78, 5) is 4.43. The highest BCUT2D eigenvalue weighted by atomic mass is 79.9. The molecule has 0 aliphatic rings. The van der Waals surface area contributed by atoms with Gasteiger partial charge in [0.25, 0.3) is 0 Å². The second kappa shape index (κ2) is 5.43. The van der Waals surface area contributed by atoms with Crippen LogP contribution in [-0.2, 0) is 5.54 Å². The minimum absolute atomic E-state index is 0.483. The zero-order valence-corrected chi connectivity index (χ0v) is 13.0. The molecule has 0 saturated carbocycles. The summed E-state index contributed by atoms with van der Waals surface area (Å²) in [6.07, 6.45) is 1.78. The number of hydrogen-bond donors (Lipinski definition) is 1. The van der Waals surface area contributed by atoms with E-state index in [9.17, 15) is 0 Å². The summed E-state index contributed by atoms with van der Waals surface area (Å²) >= 11 is 3.52. The Morgan fingerprint density at radius 3 is 2.79 bits per heavy atom. The molecule has 1 heterocycles. The van der Waals surface area contributed by atoms with Crippen LogP contribution in [0.1, 0.15) is 38.1 Å². The third-order valence-electron chi connectivity index (χ3n) is 3.05. The van der Waals surface area contributed by atoms with Crippen LogP contribution in [0.15, 0.2) is 27.2 Å². The highest BCUT2D eigenvalue weighted by Crippen LogP contribution is 2.29. The number of aryl methyl sites for hydroxylation is 1. The molecule has 0 aliphatic heterocycles. The van der Waals surface area contributed by atoms with Gasteiger partial charge in [-0.3, -0.25) is 0 Å². The molecular formula is C14H18BrN3O. The lowest BCUT2D eigenvalue weighted by atomic mass is 9.98. The standard InChI is InChI=1S/C14H18BrN3O/c1-4-7-14(3,16)13-17-12(18-19-13)10-6-5-9(2)8-11(10)15/h5-6,8H,4,7,16H2,1-3H3. The van der Waals surface area contributed by atoms with E-state index in [4.69, 9.17) is 10.3 Å². The summed E-state index contributed by atoms with van der Waals surface area (Å²) < 4.78 is 6.27. The number of rotatable bonds is 4. The predicted molar refractivity (Wildman–Crippen MR) is 78.6 cm³/mol. The lowest BCUT2D eigenvalue weighted by Gasteiger charge is -2.18. The first kappa shape index (κ1) is 14.2. The molecule has 0 bridgehead atoms. The second-order valence-electron chi connectivity index (χ2n) is 5.07. The van der Waals surface area contributed by atoms with Crippen LogP contribution in [0.25, 0.3) is 11.4 Å². The van der Waals surface area contributed by atoms with E-state index in [1.807, 2.05) is 32.0 Å². The molecule has 0 aliphatic carbocycles. The molecule has 1 aromatic carbocycles. The van der Waals surface area contributed by atoms with Crippen molar-refractivity contribution in [1.29, 1.82) is 0 Å². The summed E-state index contributed by atoms with van der Waals surface area (Å²) in [5.41, 5.74) is 7.71. The summed E-state index contributed by atoms with van der Waals surface area (Å²) in [5.74, 6) is 1.05. The highest BCUT2D eigenvalue weighted by Gasteiger charge is 2.27. The number of hydrogen-bond acceptors (Lipinski definition) is 4. The van der Waals surface area contributed by atoms with Crippen LogP contribution in [0.2, 0.25) is 0 Å². The lowest BCUT2D eigenvalue weighted by molar-refractivity contribution is 0.284. The monoisotopic (exact) mass is 323 g/mol. The summed E-state index contributed by atoms with van der Waals surface area (Å²) in [6.45, 7) is 6.03. The van der Waals surface area contributed by atoms with Gasteiger partial charge in [-0.2, -0.15) is 4.98 Å². The second-order valence-corrected chi connectivity index (χ2v) is 5.93. The molecule has 5 heteroatoms. The van der Waals surface area contributed by atoms with E-state index in [-0.39, 0.29) is 0 Å². The Morgan fingerprint density at radius 1 is 1.42 bits per heavy atom. The predicted octanol–water partition coefficient (Wildman–Crippen LogP) is 3.78. The molecule has 1 aromatic heterocycles. The quantitative estimate of drug-likeness (QED) is 0.929. The van der Waals surface area contributed by atoms with Gasteiger partial charge >= 0.3 is 0 Å². The fraction of sp³-hybridized carbons (Fsp3) is 0.429. The van der Waals surface area contributed by atoms with E-state index in [0.717, 1.165) is 22.9 Å². The fourth-order valence-electron chi connectivity index (χ4n) is 1.99. The number of nitrogens with two attached hydrogens (primary N) is 1. The van der Waals surface area contributed by atoms with Crippen molar-refractivity contribution < 1.29 is 4.52 Å². The molecule has 1 unspecified atom stereocenters. The Kier molecular flexibility index (Phi) is 4.06. The van der Waals surface area contributed by atoms with Crippen molar-refractivity contribution >= 4 is 15.9 Å². The van der Waals surface area contributed by atoms with Crippen molar-refractivity contribution in [3.05, 3.63) is 34.1 Å². The van der Waals surface area contributed by atoms with Crippen LogP contribution in [-0.4, -0.2) is 10.1 Å². The number of nitrogens with zero attached hydrogens (tertiary/aromatic N) is 2. The smallest absolute Gasteiger partial charge is 0.246 e. The van der Waals surface area contributed by atoms with Crippen LogP contribution < -0.4 is 5.73 Å². The number of benzene rings is 1. The average molecular weight is 324 g/mol. The van der Waals surface area contributed by atoms with Crippen molar-refractivity contribution in [3.8, 4) is 11.4 Å². The topological polar surface area (TPSA) is 64.9 Å². The van der Waals surface area contributed by atoms with Crippen molar-refractivity contribution in [2.45, 2.75) is 39.2 Å². The molecular weight excluding hydrogens is 306 g/mol. The molecule has 2 aromatic rings. The van der Waals surface area contributed by atoms with E-state index < -0.39 is 5.54 Å². The van der Waals surface area contributed by atoms with E-state index >= 15 is 0 Å². The van der Waals surface area contributed by atoms with Gasteiger partial charge in [0.05, 0.1) is 5.54 Å². The summed E-state index contributed by atoms with van der Waals surface area (Å²) in [6, 6.07) is 6.02. The van der Waals surface area contributed by atoms with Crippen LogP contribution in [0.3, 0.4) is 0 Å². The maximum absolute atomic E-state index is 6.19. The maximum atomic E-state index is 6.19. The molecule has 2 N–H and O–H groups in total. The fourth-order valence-corrected chi connectivity index (χ4v) is 2.66. The molecule has 0 radical (unpaired) electrons. The zero-order chi connectivity index (χ0) is 14.0. The Morgan fingerprint density at radius 2 is 2.16 bits per heavy atom. The van der Waals surface area contributed by atoms with Crippen LogP contribution >= 0.6 is 15.9 Å². The Bertz CT molecular complexity index is 578. The molecule has 0 saturated heterocycles. The first-order valence-corrected chi connectivity index (χ1v) is 7.13. The zero-order valence-electron chi connectivity index (χ0n) is 11.4. The van der Waals surface area contributed by atoms with E-state index in [1.165, 1.54) is 5.56 Å². The van der Waals surface area contributed by atoms with Gasteiger partial charge in [0.1, 0.15) is 0 Å². The number of aromatic nitrogens is 2. The summed E-state index contributed by atoms with van der Waals surface area (Å²) in [5, 5.41) is 4.03. The molecule has 19 heavy (non-hydrogen) atoms. The molecule has 102 valence electrons. The third-order valence-corrected chi connectivity index (χ3v) is 3.71. The van der Waals surface area contributed by atoms with Gasteiger partial charge in [0, 0.05) is 10.0 Å². The highest BCUT2D eigenvalue weighted by molar-refractivity contribution is 9.10. The van der Waals surface area contributed by atoms with Gasteiger partial charge in [-0.25, -0.2) is 0 Å². The van der Waals surface area contributed by atoms with Crippen LogP contribution in [0, 0.1) is 6.92 Å². The van der Waals surface area contributed by atoms with Crippen LogP contribution in [0.5, 0.6) is 0 Å². The molecule has 2 rings (SSSR count). The van der Waals surface area contributed by atoms with Crippen molar-refractivity contribution in [1.82, 2.24) is 10.1 Å². The normalized spacial score (nSPS) is 14.4. The van der Waals surface area contributed by atoms with Gasteiger partial charge in [-0.15, -0.1) is 0 Å². The third kappa shape index (κ3) is 3.04. The molecule has 0 fully saturated rings. The van der Waals surface area contributed by atoms with E-state index in [1.54, 1.807) is 0 Å². The number of halogens is 1. The van der Waals surface area contributed by atoms with Crippen molar-refractivity contribution in [2.24, 2.45) is 5.73 Å². The molecule has 0 amide bonds. The molecule has 0 spiro atoms. The Labute approximate surface area is 121 Å². The van der Waals surface area contributed by atoms with Crippen LogP contribution in [0.4, 0.5) is 0 Å². The molecule has 4 nitrogen and oxygen atoms in total. The average Bonchev–Trinajstić information content (AvgIpc) is 2.78. The van der Waals surface area contributed by atoms with Gasteiger partial charge in [-0.1, -0.05) is 40.5 Å². The summed E-state index contributed by atoms with van der Waals surface area (Å²) in [7, 11) is 0. The first-order valence-electron chi connectivity index (χ1n) is 6.33. The van der Waals surface area contributed by atoms with Gasteiger partial charge in [-0.05, 0) is 38.0 Å². The minimum atomic E-state index is -0.572. The lowest BCUT2D eigenvalue weighted by Crippen LogP contribution is -2.33. The van der Waals surface area contributed by atoms with Gasteiger partial charge in [0.2, 0.25) is 11.7 Å².